The lowest BCUT2D eigenvalue weighted by atomic mass is 10.1. The van der Waals surface area contributed by atoms with Crippen molar-refractivity contribution in [2.45, 2.75) is 30.4 Å². The molecule has 1 aliphatic rings. The summed E-state index contributed by atoms with van der Waals surface area (Å²) >= 11 is 1.75. The Balaban J connectivity index is 1.74. The third-order valence-electron chi connectivity index (χ3n) is 3.54. The Morgan fingerprint density at radius 1 is 1.35 bits per heavy atom. The number of thioether (sulfide) groups is 1. The second-order valence-corrected chi connectivity index (χ2v) is 5.91. The Morgan fingerprint density at radius 3 is 2.55 bits per heavy atom. The number of aliphatic carboxylic acids is 1. The van der Waals surface area contributed by atoms with Gasteiger partial charge in [-0.25, -0.2) is 4.79 Å². The first kappa shape index (κ1) is 15.4. The van der Waals surface area contributed by atoms with Crippen molar-refractivity contribution in [1.29, 1.82) is 0 Å². The van der Waals surface area contributed by atoms with E-state index in [4.69, 9.17) is 9.84 Å². The largest absolute Gasteiger partial charge is 0.480 e. The zero-order valence-electron chi connectivity index (χ0n) is 11.7. The first-order chi connectivity index (χ1) is 9.67. The van der Waals surface area contributed by atoms with E-state index in [-0.39, 0.29) is 12.7 Å². The highest BCUT2D eigenvalue weighted by molar-refractivity contribution is 7.98. The predicted octanol–water partition coefficient (Wildman–Crippen LogP) is 2.47. The summed E-state index contributed by atoms with van der Waals surface area (Å²) < 4.78 is 5.34. The van der Waals surface area contributed by atoms with E-state index in [0.717, 1.165) is 32.5 Å². The molecular weight excluding hydrogens is 274 g/mol. The normalized spacial score (nSPS) is 17.2. The molecule has 0 aromatic heterocycles. The lowest BCUT2D eigenvalue weighted by Gasteiger charge is -2.31. The van der Waals surface area contributed by atoms with Crippen molar-refractivity contribution in [3.05, 3.63) is 29.8 Å². The van der Waals surface area contributed by atoms with E-state index < -0.39 is 5.97 Å². The smallest absolute Gasteiger partial charge is 0.329 e. The summed E-state index contributed by atoms with van der Waals surface area (Å²) in [5.41, 5.74) is 1.33. The van der Waals surface area contributed by atoms with Crippen molar-refractivity contribution in [1.82, 2.24) is 4.90 Å². The van der Waals surface area contributed by atoms with Crippen molar-refractivity contribution in [3.8, 4) is 0 Å². The average Bonchev–Trinajstić information content (AvgIpc) is 2.47. The van der Waals surface area contributed by atoms with Gasteiger partial charge >= 0.3 is 5.97 Å². The van der Waals surface area contributed by atoms with Crippen LogP contribution >= 0.6 is 11.8 Å². The van der Waals surface area contributed by atoms with Crippen LogP contribution in [0.1, 0.15) is 18.4 Å². The maximum atomic E-state index is 10.5. The van der Waals surface area contributed by atoms with Gasteiger partial charge in [-0.3, -0.25) is 4.90 Å². The van der Waals surface area contributed by atoms with Crippen molar-refractivity contribution < 1.29 is 14.6 Å². The standard InChI is InChI=1S/C15H21NO3S/c1-20-14-4-2-12(3-5-14)10-16-8-6-13(7-9-16)19-11-15(17)18/h2-5,13H,6-11H2,1H3,(H,17,18). The maximum absolute atomic E-state index is 10.5. The molecule has 1 fully saturated rings. The van der Waals surface area contributed by atoms with Crippen molar-refractivity contribution in [2.24, 2.45) is 0 Å². The molecule has 0 atom stereocenters. The summed E-state index contributed by atoms with van der Waals surface area (Å²) in [4.78, 5) is 14.1. The molecule has 0 spiro atoms. The highest BCUT2D eigenvalue weighted by atomic mass is 32.2. The minimum absolute atomic E-state index is 0.0983. The molecule has 20 heavy (non-hydrogen) atoms. The molecule has 0 saturated carbocycles. The monoisotopic (exact) mass is 295 g/mol. The molecule has 1 aromatic rings. The van der Waals surface area contributed by atoms with Crippen LogP contribution in [0.5, 0.6) is 0 Å². The molecule has 2 rings (SSSR count). The molecule has 0 bridgehead atoms. The summed E-state index contributed by atoms with van der Waals surface area (Å²) in [6.07, 6.45) is 4.00. The minimum atomic E-state index is -0.888. The molecule has 1 N–H and O–H groups in total. The number of benzene rings is 1. The Hall–Kier alpha value is -1.04. The fourth-order valence-electron chi connectivity index (χ4n) is 2.41. The molecule has 5 heteroatoms. The Bertz CT molecular complexity index is 427. The fraction of sp³-hybridized carbons (Fsp3) is 0.533. The van der Waals surface area contributed by atoms with Crippen LogP contribution in [-0.4, -0.2) is 48.0 Å². The van der Waals surface area contributed by atoms with Crippen LogP contribution in [-0.2, 0) is 16.1 Å². The summed E-state index contributed by atoms with van der Waals surface area (Å²) in [6, 6.07) is 8.67. The molecule has 0 amide bonds. The lowest BCUT2D eigenvalue weighted by molar-refractivity contribution is -0.145. The van der Waals surface area contributed by atoms with Gasteiger partial charge in [0.15, 0.2) is 0 Å². The zero-order chi connectivity index (χ0) is 14.4. The van der Waals surface area contributed by atoms with E-state index in [1.54, 1.807) is 11.8 Å². The molecule has 110 valence electrons. The average molecular weight is 295 g/mol. The van der Waals surface area contributed by atoms with Gasteiger partial charge in [-0.05, 0) is 36.8 Å². The lowest BCUT2D eigenvalue weighted by Crippen LogP contribution is -2.37. The van der Waals surface area contributed by atoms with Crippen LogP contribution in [0.15, 0.2) is 29.2 Å². The second-order valence-electron chi connectivity index (χ2n) is 5.03. The summed E-state index contributed by atoms with van der Waals surface area (Å²) in [6.45, 7) is 2.71. The summed E-state index contributed by atoms with van der Waals surface area (Å²) in [5, 5.41) is 8.60. The van der Waals surface area contributed by atoms with Crippen LogP contribution in [0.3, 0.4) is 0 Å². The number of rotatable bonds is 6. The zero-order valence-corrected chi connectivity index (χ0v) is 12.6. The number of hydrogen-bond acceptors (Lipinski definition) is 4. The number of ether oxygens (including phenoxy) is 1. The van der Waals surface area contributed by atoms with Gasteiger partial charge in [0, 0.05) is 24.5 Å². The van der Waals surface area contributed by atoms with Gasteiger partial charge in [0.05, 0.1) is 6.10 Å². The molecule has 0 aliphatic carbocycles. The first-order valence-electron chi connectivity index (χ1n) is 6.86. The van der Waals surface area contributed by atoms with E-state index in [1.165, 1.54) is 10.5 Å². The highest BCUT2D eigenvalue weighted by Gasteiger charge is 2.20. The molecule has 0 radical (unpaired) electrons. The number of piperidine rings is 1. The number of carboxylic acid groups (broad SMARTS) is 1. The molecule has 4 nitrogen and oxygen atoms in total. The number of carbonyl (C=O) groups is 1. The Morgan fingerprint density at radius 2 is 2.00 bits per heavy atom. The molecule has 1 heterocycles. The second kappa shape index (κ2) is 7.67. The Labute approximate surface area is 124 Å². The number of nitrogens with zero attached hydrogens (tertiary/aromatic N) is 1. The van der Waals surface area contributed by atoms with Crippen molar-refractivity contribution in [2.75, 3.05) is 26.0 Å². The number of hydrogen-bond donors (Lipinski definition) is 1. The van der Waals surface area contributed by atoms with E-state index in [9.17, 15) is 4.79 Å². The third-order valence-corrected chi connectivity index (χ3v) is 4.29. The number of likely N-dealkylation sites (tertiary alicyclic amines) is 1. The van der Waals surface area contributed by atoms with Crippen LogP contribution in [0, 0.1) is 0 Å². The van der Waals surface area contributed by atoms with E-state index in [2.05, 4.69) is 35.4 Å². The van der Waals surface area contributed by atoms with Crippen LogP contribution in [0.2, 0.25) is 0 Å². The van der Waals surface area contributed by atoms with Gasteiger partial charge in [0.25, 0.3) is 0 Å². The summed E-state index contributed by atoms with van der Waals surface area (Å²) in [7, 11) is 0. The molecule has 1 aromatic carbocycles. The van der Waals surface area contributed by atoms with Gasteiger partial charge in [0.2, 0.25) is 0 Å². The van der Waals surface area contributed by atoms with E-state index in [0.29, 0.717) is 0 Å². The molecule has 1 saturated heterocycles. The SMILES string of the molecule is CSc1ccc(CN2CCC(OCC(=O)O)CC2)cc1. The van der Waals surface area contributed by atoms with E-state index in [1.807, 2.05) is 0 Å². The molecular formula is C15H21NO3S. The highest BCUT2D eigenvalue weighted by Crippen LogP contribution is 2.19. The van der Waals surface area contributed by atoms with Crippen LogP contribution in [0.4, 0.5) is 0 Å². The van der Waals surface area contributed by atoms with Gasteiger partial charge in [-0.1, -0.05) is 12.1 Å². The minimum Gasteiger partial charge on any atom is -0.480 e. The molecule has 1 aliphatic heterocycles. The van der Waals surface area contributed by atoms with Crippen molar-refractivity contribution in [3.63, 3.8) is 0 Å². The third kappa shape index (κ3) is 4.81. The predicted molar refractivity (Wildman–Crippen MR) is 80.1 cm³/mol. The van der Waals surface area contributed by atoms with Gasteiger partial charge in [-0.15, -0.1) is 11.8 Å². The van der Waals surface area contributed by atoms with Crippen LogP contribution < -0.4 is 0 Å². The van der Waals surface area contributed by atoms with Gasteiger partial charge in [-0.2, -0.15) is 0 Å². The van der Waals surface area contributed by atoms with Gasteiger partial charge < -0.3 is 9.84 Å². The topological polar surface area (TPSA) is 49.8 Å². The Kier molecular flexibility index (Phi) is 5.88. The summed E-state index contributed by atoms with van der Waals surface area (Å²) in [5.74, 6) is -0.888. The molecule has 0 unspecified atom stereocenters. The first-order valence-corrected chi connectivity index (χ1v) is 8.08. The van der Waals surface area contributed by atoms with Gasteiger partial charge in [0.1, 0.15) is 6.61 Å². The number of carboxylic acids is 1. The maximum Gasteiger partial charge on any atom is 0.329 e. The van der Waals surface area contributed by atoms with E-state index >= 15 is 0 Å². The fourth-order valence-corrected chi connectivity index (χ4v) is 2.82. The quantitative estimate of drug-likeness (QED) is 0.817. The van der Waals surface area contributed by atoms with Crippen molar-refractivity contribution >= 4 is 17.7 Å². The van der Waals surface area contributed by atoms with Crippen LogP contribution in [0.25, 0.3) is 0 Å².